The number of halogens is 3. The molecule has 18 heavy (non-hydrogen) atoms. The highest BCUT2D eigenvalue weighted by Gasteiger charge is 2.35. The first-order valence-corrected chi connectivity index (χ1v) is 6.05. The first-order valence-electron chi connectivity index (χ1n) is 4.60. The SMILES string of the molecule is O=C(O)c1ccc(-c2cc(C(F)(F)F)nn2[PH3+])s1. The number of carboxylic acid groups (broad SMARTS) is 1. The number of rotatable bonds is 2. The van der Waals surface area contributed by atoms with Gasteiger partial charge in [0.05, 0.1) is 14.3 Å². The Labute approximate surface area is 105 Å². The molecule has 4 nitrogen and oxygen atoms in total. The fourth-order valence-electron chi connectivity index (χ4n) is 1.34. The van der Waals surface area contributed by atoms with Gasteiger partial charge in [0, 0.05) is 6.07 Å². The molecule has 0 amide bonds. The highest BCUT2D eigenvalue weighted by atomic mass is 32.1. The molecule has 9 heteroatoms. The first-order chi connectivity index (χ1) is 8.29. The van der Waals surface area contributed by atoms with Crippen LogP contribution in [-0.4, -0.2) is 20.6 Å². The minimum atomic E-state index is -4.51. The molecule has 2 aromatic rings. The van der Waals surface area contributed by atoms with Crippen molar-refractivity contribution in [3.8, 4) is 10.6 Å². The van der Waals surface area contributed by atoms with Gasteiger partial charge in [-0.3, -0.25) is 0 Å². The summed E-state index contributed by atoms with van der Waals surface area (Å²) in [6, 6.07) is 3.73. The number of carboxylic acids is 1. The molecule has 0 bridgehead atoms. The van der Waals surface area contributed by atoms with Crippen LogP contribution in [0.25, 0.3) is 10.6 Å². The molecule has 2 rings (SSSR count). The number of aromatic nitrogens is 2. The van der Waals surface area contributed by atoms with Gasteiger partial charge < -0.3 is 5.11 Å². The van der Waals surface area contributed by atoms with Gasteiger partial charge in [0.1, 0.15) is 10.6 Å². The lowest BCUT2D eigenvalue weighted by Gasteiger charge is -1.98. The van der Waals surface area contributed by atoms with Crippen molar-refractivity contribution in [3.63, 3.8) is 0 Å². The van der Waals surface area contributed by atoms with Gasteiger partial charge in [0.2, 0.25) is 0 Å². The molecule has 0 fully saturated rings. The van der Waals surface area contributed by atoms with Crippen molar-refractivity contribution >= 4 is 26.7 Å². The zero-order valence-electron chi connectivity index (χ0n) is 8.73. The molecule has 1 unspecified atom stereocenters. The second kappa shape index (κ2) is 4.37. The Bertz CT molecular complexity index is 605. The Hall–Kier alpha value is -1.40. The summed E-state index contributed by atoms with van der Waals surface area (Å²) in [6.07, 6.45) is -4.51. The lowest BCUT2D eigenvalue weighted by atomic mass is 10.3. The van der Waals surface area contributed by atoms with E-state index in [9.17, 15) is 18.0 Å². The summed E-state index contributed by atoms with van der Waals surface area (Å²) >= 11 is 0.909. The molecule has 0 aromatic carbocycles. The molecule has 0 radical (unpaired) electrons. The maximum absolute atomic E-state index is 12.5. The van der Waals surface area contributed by atoms with E-state index in [0.717, 1.165) is 31.2 Å². The van der Waals surface area contributed by atoms with Crippen molar-refractivity contribution in [2.45, 2.75) is 6.18 Å². The number of nitrogens with zero attached hydrogens (tertiary/aromatic N) is 2. The molecule has 1 atom stereocenters. The molecule has 96 valence electrons. The van der Waals surface area contributed by atoms with Crippen LogP contribution in [0, 0.1) is 0 Å². The summed E-state index contributed by atoms with van der Waals surface area (Å²) in [5.41, 5.74) is -0.740. The fourth-order valence-corrected chi connectivity index (χ4v) is 2.74. The van der Waals surface area contributed by atoms with E-state index in [-0.39, 0.29) is 10.6 Å². The molecule has 0 aliphatic carbocycles. The van der Waals surface area contributed by atoms with E-state index in [4.69, 9.17) is 5.11 Å². The van der Waals surface area contributed by atoms with Gasteiger partial charge >= 0.3 is 12.1 Å². The minimum Gasteiger partial charge on any atom is -0.477 e. The number of carbonyl (C=O) groups is 1. The molecular formula is C9H7F3N2O2PS+. The molecule has 0 spiro atoms. The zero-order valence-corrected chi connectivity index (χ0v) is 11.0. The van der Waals surface area contributed by atoms with Crippen molar-refractivity contribution in [2.24, 2.45) is 0 Å². The molecule has 1 N–H and O–H groups in total. The van der Waals surface area contributed by atoms with Crippen LogP contribution in [0.4, 0.5) is 13.2 Å². The van der Waals surface area contributed by atoms with Gasteiger partial charge in [0.15, 0.2) is 5.69 Å². The number of thiophene rings is 1. The Morgan fingerprint density at radius 1 is 1.44 bits per heavy atom. The van der Waals surface area contributed by atoms with Gasteiger partial charge in [-0.15, -0.1) is 20.9 Å². The molecule has 0 aliphatic rings. The van der Waals surface area contributed by atoms with Crippen molar-refractivity contribution in [1.29, 1.82) is 0 Å². The molecule has 2 heterocycles. The standard InChI is InChI=1S/C9H6F3N2O2PS/c10-9(11,12)7-3-4(14(17)13-7)5-1-2-6(18-5)8(15)16/h1-3H,17H2,(H,15,16)/p+1. The van der Waals surface area contributed by atoms with Crippen LogP contribution < -0.4 is 0 Å². The third-order valence-corrected chi connectivity index (χ3v) is 3.72. The Kier molecular flexibility index (Phi) is 3.16. The lowest BCUT2D eigenvalue weighted by molar-refractivity contribution is -0.141. The topological polar surface area (TPSA) is 55.1 Å². The lowest BCUT2D eigenvalue weighted by Crippen LogP contribution is -2.05. The monoisotopic (exact) mass is 295 g/mol. The average Bonchev–Trinajstić information content (AvgIpc) is 2.81. The van der Waals surface area contributed by atoms with Crippen molar-refractivity contribution in [2.75, 3.05) is 0 Å². The van der Waals surface area contributed by atoms with Gasteiger partial charge in [-0.1, -0.05) is 0 Å². The molecule has 0 saturated heterocycles. The van der Waals surface area contributed by atoms with Crippen LogP contribution in [0.5, 0.6) is 0 Å². The summed E-state index contributed by atoms with van der Waals surface area (Å²) in [7, 11) is 1.16. The smallest absolute Gasteiger partial charge is 0.435 e. The Morgan fingerprint density at radius 3 is 2.56 bits per heavy atom. The largest absolute Gasteiger partial charge is 0.477 e. The van der Waals surface area contributed by atoms with Crippen molar-refractivity contribution < 1.29 is 23.1 Å². The zero-order chi connectivity index (χ0) is 13.5. The Balaban J connectivity index is 2.44. The van der Waals surface area contributed by atoms with Crippen molar-refractivity contribution in [3.05, 3.63) is 28.8 Å². The van der Waals surface area contributed by atoms with Crippen LogP contribution in [-0.2, 0) is 6.18 Å². The van der Waals surface area contributed by atoms with Crippen LogP contribution in [0.15, 0.2) is 18.2 Å². The average molecular weight is 295 g/mol. The summed E-state index contributed by atoms with van der Waals surface area (Å²) in [5, 5.41) is 12.1. The van der Waals surface area contributed by atoms with E-state index in [2.05, 4.69) is 5.10 Å². The van der Waals surface area contributed by atoms with Gasteiger partial charge in [-0.25, -0.2) is 4.79 Å². The van der Waals surface area contributed by atoms with Crippen LogP contribution in [0.1, 0.15) is 15.4 Å². The van der Waals surface area contributed by atoms with Crippen LogP contribution in [0.2, 0.25) is 0 Å². The summed E-state index contributed by atoms with van der Waals surface area (Å²) < 4.78 is 38.5. The number of aromatic carboxylic acids is 1. The molecule has 2 aromatic heterocycles. The van der Waals surface area contributed by atoms with Gasteiger partial charge in [0.25, 0.3) is 0 Å². The third kappa shape index (κ3) is 2.39. The molecular weight excluding hydrogens is 288 g/mol. The minimum absolute atomic E-state index is 0.0723. The second-order valence-electron chi connectivity index (χ2n) is 3.38. The maximum Gasteiger partial charge on any atom is 0.435 e. The van der Waals surface area contributed by atoms with E-state index in [1.165, 1.54) is 12.1 Å². The summed E-state index contributed by atoms with van der Waals surface area (Å²) in [6.45, 7) is 0. The van der Waals surface area contributed by atoms with Gasteiger partial charge in [-0.2, -0.15) is 13.2 Å². The van der Waals surface area contributed by atoms with Crippen LogP contribution in [0.3, 0.4) is 0 Å². The quantitative estimate of drug-likeness (QED) is 0.867. The number of hydrogen-bond donors (Lipinski definition) is 1. The molecule has 0 aliphatic heterocycles. The summed E-state index contributed by atoms with van der Waals surface area (Å²) in [4.78, 5) is 11.2. The van der Waals surface area contributed by atoms with Crippen molar-refractivity contribution in [1.82, 2.24) is 9.55 Å². The summed E-state index contributed by atoms with van der Waals surface area (Å²) in [5.74, 6) is -1.10. The van der Waals surface area contributed by atoms with E-state index in [0.29, 0.717) is 4.88 Å². The highest BCUT2D eigenvalue weighted by Crippen LogP contribution is 2.35. The predicted molar refractivity (Wildman–Crippen MR) is 64.0 cm³/mol. The van der Waals surface area contributed by atoms with E-state index >= 15 is 0 Å². The fraction of sp³-hybridized carbons (Fsp3) is 0.111. The first kappa shape index (κ1) is 13.0. The predicted octanol–water partition coefficient (Wildman–Crippen LogP) is 2.70. The normalized spacial score (nSPS) is 11.9. The van der Waals surface area contributed by atoms with E-state index in [1.807, 2.05) is 0 Å². The number of hydrogen-bond acceptors (Lipinski definition) is 3. The van der Waals surface area contributed by atoms with E-state index in [1.54, 1.807) is 0 Å². The molecule has 0 saturated carbocycles. The van der Waals surface area contributed by atoms with E-state index < -0.39 is 17.8 Å². The highest BCUT2D eigenvalue weighted by molar-refractivity contribution is 7.18. The third-order valence-electron chi connectivity index (χ3n) is 2.14. The van der Waals surface area contributed by atoms with Gasteiger partial charge in [-0.05, 0) is 12.1 Å². The maximum atomic E-state index is 12.5. The number of alkyl halides is 3. The second-order valence-corrected chi connectivity index (χ2v) is 5.06. The Morgan fingerprint density at radius 2 is 2.11 bits per heavy atom. The van der Waals surface area contributed by atoms with Crippen LogP contribution >= 0.6 is 20.7 Å².